The molecule has 2 aliphatic rings. The smallest absolute Gasteiger partial charge is 0.331 e. The number of aliphatic carboxylic acids is 1. The number of alkyl halides is 1. The number of benzene rings is 2. The number of halogens is 4. The first kappa shape index (κ1) is 28.0. The van der Waals surface area contributed by atoms with Crippen molar-refractivity contribution in [1.82, 2.24) is 9.88 Å². The number of fused-ring (bicyclic) bond motifs is 1. The van der Waals surface area contributed by atoms with Crippen LogP contribution in [0.1, 0.15) is 50.1 Å². The van der Waals surface area contributed by atoms with E-state index < -0.39 is 47.4 Å². The molecule has 0 amide bonds. The number of aromatic nitrogens is 1. The number of likely N-dealkylation sites (tertiary alicyclic amines) is 1. The van der Waals surface area contributed by atoms with Crippen molar-refractivity contribution in [2.75, 3.05) is 13.1 Å². The minimum atomic E-state index is -2.90. The molecule has 2 fully saturated rings. The van der Waals surface area contributed by atoms with Crippen molar-refractivity contribution in [3.8, 4) is 10.6 Å². The lowest BCUT2D eigenvalue weighted by atomic mass is 9.87. The first-order valence-corrected chi connectivity index (χ1v) is 14.0. The second-order valence-electron chi connectivity index (χ2n) is 10.0. The molecule has 1 saturated carbocycles. The Morgan fingerprint density at radius 3 is 2.51 bits per heavy atom. The van der Waals surface area contributed by atoms with Gasteiger partial charge in [-0.3, -0.25) is 9.59 Å². The molecule has 1 aliphatic carbocycles. The minimum Gasteiger partial charge on any atom is -0.481 e. The Kier molecular flexibility index (Phi) is 7.98. The number of hydrogen-bond donors (Lipinski definition) is 2. The van der Waals surface area contributed by atoms with Gasteiger partial charge >= 0.3 is 11.9 Å². The maximum absolute atomic E-state index is 16.6. The van der Waals surface area contributed by atoms with E-state index in [2.05, 4.69) is 4.98 Å². The number of rotatable bonds is 8. The Morgan fingerprint density at radius 2 is 1.85 bits per heavy atom. The number of carbonyl (C=O) groups excluding carboxylic acids is 1. The highest BCUT2D eigenvalue weighted by Crippen LogP contribution is 2.39. The van der Waals surface area contributed by atoms with Crippen molar-refractivity contribution >= 4 is 44.9 Å². The molecule has 1 unspecified atom stereocenters. The fourth-order valence-electron chi connectivity index (χ4n) is 5.25. The Bertz CT molecular complexity index is 1410. The summed E-state index contributed by atoms with van der Waals surface area (Å²) in [7, 11) is 0. The average molecular weight is 582 g/mol. The minimum absolute atomic E-state index is 0.0488. The van der Waals surface area contributed by atoms with E-state index in [1.165, 1.54) is 34.4 Å². The molecule has 2 heterocycles. The van der Waals surface area contributed by atoms with Crippen LogP contribution in [0.25, 0.3) is 20.8 Å². The van der Waals surface area contributed by atoms with Gasteiger partial charge in [0.2, 0.25) is 5.78 Å². The van der Waals surface area contributed by atoms with Gasteiger partial charge in [-0.2, -0.15) is 4.39 Å². The van der Waals surface area contributed by atoms with Gasteiger partial charge in [-0.15, -0.1) is 11.3 Å². The van der Waals surface area contributed by atoms with Gasteiger partial charge in [0.25, 0.3) is 0 Å². The lowest BCUT2D eigenvalue weighted by Crippen LogP contribution is -2.56. The number of carboxylic acid groups (broad SMARTS) is 1. The number of carbonyl (C=O) groups is 2. The zero-order chi connectivity index (χ0) is 27.9. The molecule has 208 valence electrons. The summed E-state index contributed by atoms with van der Waals surface area (Å²) >= 11 is 7.65. The van der Waals surface area contributed by atoms with Crippen LogP contribution >= 0.6 is 22.9 Å². The molecule has 2 aromatic carbocycles. The Morgan fingerprint density at radius 1 is 1.15 bits per heavy atom. The van der Waals surface area contributed by atoms with Gasteiger partial charge in [-0.05, 0) is 62.8 Å². The molecule has 0 radical (unpaired) electrons. The van der Waals surface area contributed by atoms with Crippen molar-refractivity contribution in [1.29, 1.82) is 0 Å². The predicted molar refractivity (Wildman–Crippen MR) is 141 cm³/mol. The van der Waals surface area contributed by atoms with E-state index in [4.69, 9.17) is 22.1 Å². The van der Waals surface area contributed by atoms with Crippen molar-refractivity contribution in [2.24, 2.45) is 11.7 Å². The molecular weight excluding hydrogens is 555 g/mol. The number of nitrogens with zero attached hydrogens (tertiary/aromatic N) is 2. The number of thiazole rings is 1. The van der Waals surface area contributed by atoms with Crippen LogP contribution in [0.15, 0.2) is 30.3 Å². The van der Waals surface area contributed by atoms with Crippen molar-refractivity contribution in [3.63, 3.8) is 0 Å². The number of ether oxygens (including phenoxy) is 1. The molecule has 3 aromatic rings. The molecule has 0 bridgehead atoms. The molecule has 0 spiro atoms. The average Bonchev–Trinajstić information content (AvgIpc) is 3.59. The number of ketones is 1. The summed E-state index contributed by atoms with van der Waals surface area (Å²) in [6.45, 7) is 0.527. The summed E-state index contributed by atoms with van der Waals surface area (Å²) < 4.78 is 51.9. The van der Waals surface area contributed by atoms with E-state index in [1.54, 1.807) is 6.07 Å². The van der Waals surface area contributed by atoms with Crippen LogP contribution < -0.4 is 5.73 Å². The number of hydrogen-bond acceptors (Lipinski definition) is 7. The highest BCUT2D eigenvalue weighted by molar-refractivity contribution is 7.21. The van der Waals surface area contributed by atoms with Crippen molar-refractivity contribution < 1.29 is 32.6 Å². The van der Waals surface area contributed by atoms with E-state index in [1.807, 2.05) is 0 Å². The zero-order valence-electron chi connectivity index (χ0n) is 20.8. The SMILES string of the molecule is N[C@H](C(=O)C(F)(OC1CCC(C(=O)O)CC1)N1CCCC1)c1cc(Cl)c(-c2nc3cc(F)ccc3s2)cc1F. The van der Waals surface area contributed by atoms with Crippen LogP contribution in [-0.4, -0.2) is 51.9 Å². The molecule has 12 heteroatoms. The van der Waals surface area contributed by atoms with Gasteiger partial charge < -0.3 is 15.6 Å². The number of carboxylic acids is 1. The molecule has 1 saturated heterocycles. The summed E-state index contributed by atoms with van der Waals surface area (Å²) in [5, 5.41) is 9.65. The van der Waals surface area contributed by atoms with Gasteiger partial charge in [-0.1, -0.05) is 11.6 Å². The highest BCUT2D eigenvalue weighted by Gasteiger charge is 2.51. The quantitative estimate of drug-likeness (QED) is 0.322. The normalized spacial score (nSPS) is 22.6. The van der Waals surface area contributed by atoms with Gasteiger partial charge in [0.05, 0.1) is 33.3 Å². The lowest BCUT2D eigenvalue weighted by molar-refractivity contribution is -0.253. The van der Waals surface area contributed by atoms with Crippen LogP contribution in [0, 0.1) is 17.6 Å². The van der Waals surface area contributed by atoms with E-state index in [-0.39, 0.29) is 42.1 Å². The van der Waals surface area contributed by atoms with Gasteiger partial charge in [0.1, 0.15) is 16.6 Å². The Labute approximate surface area is 231 Å². The van der Waals surface area contributed by atoms with Crippen molar-refractivity contribution in [2.45, 2.75) is 56.6 Å². The van der Waals surface area contributed by atoms with Gasteiger partial charge in [0, 0.05) is 30.3 Å². The van der Waals surface area contributed by atoms with E-state index >= 15 is 8.78 Å². The molecule has 5 rings (SSSR count). The molecule has 39 heavy (non-hydrogen) atoms. The lowest BCUT2D eigenvalue weighted by Gasteiger charge is -2.38. The van der Waals surface area contributed by atoms with Gasteiger partial charge in [0.15, 0.2) is 0 Å². The first-order valence-electron chi connectivity index (χ1n) is 12.8. The highest BCUT2D eigenvalue weighted by atomic mass is 35.5. The summed E-state index contributed by atoms with van der Waals surface area (Å²) in [5.74, 6) is -6.82. The number of nitrogens with two attached hydrogens (primary N) is 1. The first-order chi connectivity index (χ1) is 18.6. The summed E-state index contributed by atoms with van der Waals surface area (Å²) in [6.07, 6.45) is 1.80. The summed E-state index contributed by atoms with van der Waals surface area (Å²) in [4.78, 5) is 30.4. The van der Waals surface area contributed by atoms with E-state index in [0.29, 0.717) is 40.9 Å². The fourth-order valence-corrected chi connectivity index (χ4v) is 6.55. The van der Waals surface area contributed by atoms with E-state index in [0.717, 1.165) is 6.07 Å². The Balaban J connectivity index is 1.41. The predicted octanol–water partition coefficient (Wildman–Crippen LogP) is 5.84. The number of Topliss-reactive ketones (excluding diaryl/α,β-unsaturated/α-hetero) is 1. The maximum Gasteiger partial charge on any atom is 0.331 e. The Hall–Kier alpha value is -2.57. The van der Waals surface area contributed by atoms with Crippen LogP contribution in [0.5, 0.6) is 0 Å². The third kappa shape index (κ3) is 5.55. The van der Waals surface area contributed by atoms with Crippen LogP contribution in [0.4, 0.5) is 13.2 Å². The second-order valence-corrected chi connectivity index (χ2v) is 11.4. The molecule has 7 nitrogen and oxygen atoms in total. The summed E-state index contributed by atoms with van der Waals surface area (Å²) in [5.41, 5.74) is 6.50. The van der Waals surface area contributed by atoms with E-state index in [9.17, 15) is 19.1 Å². The third-order valence-corrected chi connectivity index (χ3v) is 8.83. The fraction of sp³-hybridized carbons (Fsp3) is 0.444. The van der Waals surface area contributed by atoms with Crippen molar-refractivity contribution in [3.05, 3.63) is 52.6 Å². The summed E-state index contributed by atoms with van der Waals surface area (Å²) in [6, 6.07) is 4.67. The van der Waals surface area contributed by atoms with Crippen LogP contribution in [-0.2, 0) is 14.3 Å². The molecule has 2 atom stereocenters. The monoisotopic (exact) mass is 581 g/mol. The second kappa shape index (κ2) is 11.1. The standard InChI is InChI=1S/C27H27ClF3N3O4S/c28-19-12-18(20(30)13-17(19)25-33-21-11-15(29)5-8-22(21)39-25)23(32)24(35)27(31,34-9-1-2-10-34)38-16-6-3-14(4-7-16)26(36)37/h5,8,11-14,16,23H,1-4,6-7,9-10,32H2,(H,36,37)/t14?,16?,23-,27?/m0/s1. The van der Waals surface area contributed by atoms with Gasteiger partial charge in [-0.25, -0.2) is 18.7 Å². The zero-order valence-corrected chi connectivity index (χ0v) is 22.4. The topological polar surface area (TPSA) is 106 Å². The molecule has 3 N–H and O–H groups in total. The molecule has 1 aliphatic heterocycles. The molecule has 1 aromatic heterocycles. The maximum atomic E-state index is 16.6. The molecular formula is C27H27ClF3N3O4S. The van der Waals surface area contributed by atoms with Crippen LogP contribution in [0.2, 0.25) is 5.02 Å². The largest absolute Gasteiger partial charge is 0.481 e. The third-order valence-electron chi connectivity index (χ3n) is 7.45. The van der Waals surface area contributed by atoms with Crippen LogP contribution in [0.3, 0.4) is 0 Å².